The zero-order chi connectivity index (χ0) is 23.5. The molecule has 33 heavy (non-hydrogen) atoms. The van der Waals surface area contributed by atoms with Gasteiger partial charge in [0, 0.05) is 11.3 Å². The third-order valence-electron chi connectivity index (χ3n) is 6.12. The van der Waals surface area contributed by atoms with E-state index in [4.69, 9.17) is 0 Å². The van der Waals surface area contributed by atoms with Crippen molar-refractivity contribution in [1.29, 1.82) is 0 Å². The van der Waals surface area contributed by atoms with Gasteiger partial charge in [0.25, 0.3) is 10.8 Å². The maximum Gasteiger partial charge on any atom is 0.274 e. The van der Waals surface area contributed by atoms with Crippen LogP contribution in [-0.2, 0) is 30.8 Å². The van der Waals surface area contributed by atoms with Gasteiger partial charge in [0.05, 0.1) is 12.2 Å². The van der Waals surface area contributed by atoms with Crippen molar-refractivity contribution < 1.29 is 22.4 Å². The van der Waals surface area contributed by atoms with Crippen LogP contribution in [0.15, 0.2) is 66.7 Å². The van der Waals surface area contributed by atoms with Gasteiger partial charge in [0.2, 0.25) is 5.91 Å². The molecule has 3 aromatic rings. The first kappa shape index (κ1) is 21.3. The molecule has 0 aromatic heterocycles. The molecular formula is C25H21FN2O4S. The predicted octanol–water partition coefficient (Wildman–Crippen LogP) is 3.60. The van der Waals surface area contributed by atoms with Crippen LogP contribution in [0.2, 0.25) is 0 Å². The minimum absolute atomic E-state index is 0.0280. The molecule has 2 heterocycles. The van der Waals surface area contributed by atoms with Crippen molar-refractivity contribution in [1.82, 2.24) is 0 Å². The smallest absolute Gasteiger partial charge is 0.274 e. The van der Waals surface area contributed by atoms with Crippen LogP contribution in [0.25, 0.3) is 0 Å². The molecule has 1 fully saturated rings. The molecule has 1 atom stereocenters. The Kier molecular flexibility index (Phi) is 4.68. The Morgan fingerprint density at radius 2 is 1.64 bits per heavy atom. The number of carbonyl (C=O) groups excluding carboxylic acids is 2. The van der Waals surface area contributed by atoms with Gasteiger partial charge in [-0.15, -0.1) is 0 Å². The Labute approximate surface area is 191 Å². The van der Waals surface area contributed by atoms with Crippen molar-refractivity contribution in [3.8, 4) is 0 Å². The van der Waals surface area contributed by atoms with E-state index in [2.05, 4.69) is 0 Å². The molecule has 1 unspecified atom stereocenters. The second-order valence-electron chi connectivity index (χ2n) is 8.52. The highest BCUT2D eigenvalue weighted by atomic mass is 32.2. The fraction of sp³-hybridized carbons (Fsp3) is 0.200. The predicted molar refractivity (Wildman–Crippen MR) is 123 cm³/mol. The van der Waals surface area contributed by atoms with Crippen LogP contribution < -0.4 is 9.80 Å². The number of hydrogen-bond donors (Lipinski definition) is 0. The summed E-state index contributed by atoms with van der Waals surface area (Å²) in [5.41, 5.74) is 3.17. The topological polar surface area (TPSA) is 74.8 Å². The van der Waals surface area contributed by atoms with Crippen LogP contribution in [0, 0.1) is 19.7 Å². The lowest BCUT2D eigenvalue weighted by molar-refractivity contribution is -0.123. The number of anilines is 2. The quantitative estimate of drug-likeness (QED) is 0.594. The zero-order valence-corrected chi connectivity index (χ0v) is 18.9. The fourth-order valence-corrected chi connectivity index (χ4v) is 6.98. The number of halogens is 1. The second kappa shape index (κ2) is 7.25. The molecule has 0 saturated carbocycles. The monoisotopic (exact) mass is 464 g/mol. The van der Waals surface area contributed by atoms with Gasteiger partial charge in [0.1, 0.15) is 11.6 Å². The summed E-state index contributed by atoms with van der Waals surface area (Å²) in [6.45, 7) is 3.66. The third kappa shape index (κ3) is 3.01. The molecule has 0 aliphatic carbocycles. The van der Waals surface area contributed by atoms with E-state index in [9.17, 15) is 22.4 Å². The minimum atomic E-state index is -4.24. The van der Waals surface area contributed by atoms with Gasteiger partial charge < -0.3 is 4.90 Å². The van der Waals surface area contributed by atoms with E-state index in [1.165, 1.54) is 23.1 Å². The highest BCUT2D eigenvalue weighted by Gasteiger charge is 2.69. The highest BCUT2D eigenvalue weighted by molar-refractivity contribution is 7.94. The Hall–Kier alpha value is -3.52. The lowest BCUT2D eigenvalue weighted by Gasteiger charge is -2.33. The standard InChI is InChI=1S/C25H21FN2O4S/c1-16-10-17(2)12-20(11-16)28-23(29)15-33(31,32)25(28)21-8-3-4-9-22(21)27(24(25)30)14-18-6-5-7-19(26)13-18/h3-13H,14-15H2,1-2H3. The number of hydrogen-bond acceptors (Lipinski definition) is 4. The Balaban J connectivity index is 1.75. The number of aryl methyl sites for hydroxylation is 2. The van der Waals surface area contributed by atoms with E-state index in [0.717, 1.165) is 16.0 Å². The maximum atomic E-state index is 14.0. The Morgan fingerprint density at radius 3 is 2.33 bits per heavy atom. The van der Waals surface area contributed by atoms with E-state index >= 15 is 0 Å². The number of nitrogens with zero attached hydrogens (tertiary/aromatic N) is 2. The fourth-order valence-electron chi connectivity index (χ4n) is 4.95. The molecule has 1 spiro atoms. The molecule has 168 valence electrons. The summed E-state index contributed by atoms with van der Waals surface area (Å²) in [7, 11) is -4.24. The average molecular weight is 465 g/mol. The van der Waals surface area contributed by atoms with Gasteiger partial charge in [-0.3, -0.25) is 14.5 Å². The number of fused-ring (bicyclic) bond motifs is 2. The number of benzene rings is 3. The number of rotatable bonds is 3. The van der Waals surface area contributed by atoms with Crippen LogP contribution in [0.3, 0.4) is 0 Å². The first-order valence-electron chi connectivity index (χ1n) is 10.4. The molecule has 2 amide bonds. The zero-order valence-electron chi connectivity index (χ0n) is 18.1. The summed E-state index contributed by atoms with van der Waals surface area (Å²) in [5, 5.41) is 0. The third-order valence-corrected chi connectivity index (χ3v) is 8.22. The average Bonchev–Trinajstić information content (AvgIpc) is 3.10. The van der Waals surface area contributed by atoms with E-state index in [1.54, 1.807) is 42.5 Å². The molecule has 0 radical (unpaired) electrons. The molecule has 1 saturated heterocycles. The van der Waals surface area contributed by atoms with Crippen LogP contribution >= 0.6 is 0 Å². The van der Waals surface area contributed by atoms with Crippen molar-refractivity contribution in [3.63, 3.8) is 0 Å². The first-order valence-corrected chi connectivity index (χ1v) is 12.1. The lowest BCUT2D eigenvalue weighted by atomic mass is 10.0. The largest absolute Gasteiger partial charge is 0.304 e. The lowest BCUT2D eigenvalue weighted by Crippen LogP contribution is -2.54. The van der Waals surface area contributed by atoms with Gasteiger partial charge >= 0.3 is 0 Å². The first-order chi connectivity index (χ1) is 15.6. The Morgan fingerprint density at radius 1 is 0.939 bits per heavy atom. The number of amides is 2. The van der Waals surface area contributed by atoms with Gasteiger partial charge in [-0.1, -0.05) is 36.4 Å². The normalized spacial score (nSPS) is 21.2. The summed E-state index contributed by atoms with van der Waals surface area (Å²) in [6, 6.07) is 17.7. The van der Waals surface area contributed by atoms with E-state index in [-0.39, 0.29) is 12.1 Å². The Bertz CT molecular complexity index is 1420. The summed E-state index contributed by atoms with van der Waals surface area (Å²) in [5.74, 6) is -2.62. The molecule has 2 aliphatic heterocycles. The molecule has 2 aliphatic rings. The molecule has 5 rings (SSSR count). The van der Waals surface area contributed by atoms with Gasteiger partial charge in [-0.2, -0.15) is 0 Å². The molecule has 0 N–H and O–H groups in total. The molecule has 3 aromatic carbocycles. The van der Waals surface area contributed by atoms with E-state index in [1.807, 2.05) is 19.9 Å². The van der Waals surface area contributed by atoms with E-state index in [0.29, 0.717) is 16.9 Å². The van der Waals surface area contributed by atoms with Gasteiger partial charge in [0.15, 0.2) is 9.84 Å². The number of para-hydroxylation sites is 1. The van der Waals surface area contributed by atoms with Gasteiger partial charge in [-0.05, 0) is 60.9 Å². The summed E-state index contributed by atoms with van der Waals surface area (Å²) < 4.78 is 41.0. The maximum absolute atomic E-state index is 14.0. The molecule has 8 heteroatoms. The molecule has 0 bridgehead atoms. The van der Waals surface area contributed by atoms with Gasteiger partial charge in [-0.25, -0.2) is 12.8 Å². The molecular weight excluding hydrogens is 443 g/mol. The summed E-state index contributed by atoms with van der Waals surface area (Å²) >= 11 is 0. The van der Waals surface area contributed by atoms with Crippen molar-refractivity contribution in [3.05, 3.63) is 94.8 Å². The van der Waals surface area contributed by atoms with Crippen molar-refractivity contribution >= 4 is 33.0 Å². The highest BCUT2D eigenvalue weighted by Crippen LogP contribution is 2.52. The van der Waals surface area contributed by atoms with Crippen LogP contribution in [-0.4, -0.2) is 26.0 Å². The molecule has 6 nitrogen and oxygen atoms in total. The second-order valence-corrected chi connectivity index (χ2v) is 10.6. The van der Waals surface area contributed by atoms with Crippen LogP contribution in [0.5, 0.6) is 0 Å². The van der Waals surface area contributed by atoms with Crippen molar-refractivity contribution in [2.24, 2.45) is 0 Å². The van der Waals surface area contributed by atoms with E-state index < -0.39 is 38.1 Å². The number of sulfone groups is 1. The summed E-state index contributed by atoms with van der Waals surface area (Å²) in [4.78, 5) is 27.5. The van der Waals surface area contributed by atoms with Crippen molar-refractivity contribution in [2.75, 3.05) is 15.6 Å². The van der Waals surface area contributed by atoms with Crippen LogP contribution in [0.4, 0.5) is 15.8 Å². The number of carbonyl (C=O) groups is 2. The summed E-state index contributed by atoms with van der Waals surface area (Å²) in [6.07, 6.45) is 0. The SMILES string of the molecule is Cc1cc(C)cc(N2C(=O)CS(=O)(=O)C23C(=O)N(Cc2cccc(F)c2)c2ccccc23)c1. The minimum Gasteiger partial charge on any atom is -0.304 e. The van der Waals surface area contributed by atoms with Crippen molar-refractivity contribution in [2.45, 2.75) is 25.3 Å². The van der Waals surface area contributed by atoms with Crippen LogP contribution in [0.1, 0.15) is 22.3 Å².